The molecule has 0 saturated carbocycles. The summed E-state index contributed by atoms with van der Waals surface area (Å²) in [5, 5.41) is 14.6. The summed E-state index contributed by atoms with van der Waals surface area (Å²) in [5.41, 5.74) is 1.21. The van der Waals surface area contributed by atoms with Crippen molar-refractivity contribution in [2.75, 3.05) is 26.3 Å². The molecular formula is C19H24N2O3. The molecule has 0 spiro atoms. The highest BCUT2D eigenvalue weighted by Gasteiger charge is 2.24. The van der Waals surface area contributed by atoms with Gasteiger partial charge in [0.1, 0.15) is 0 Å². The average Bonchev–Trinajstić information content (AvgIpc) is 2.61. The number of amides is 2. The molecule has 0 bridgehead atoms. The highest BCUT2D eigenvalue weighted by atomic mass is 16.5. The van der Waals surface area contributed by atoms with E-state index in [1.54, 1.807) is 4.90 Å². The molecule has 1 saturated heterocycles. The van der Waals surface area contributed by atoms with E-state index in [4.69, 9.17) is 4.74 Å². The second-order valence-corrected chi connectivity index (χ2v) is 6.36. The number of aliphatic hydroxyl groups excluding tert-OH is 1. The summed E-state index contributed by atoms with van der Waals surface area (Å²) >= 11 is 0. The van der Waals surface area contributed by atoms with Crippen LogP contribution in [0.3, 0.4) is 0 Å². The first kappa shape index (κ1) is 16.7. The Bertz CT molecular complexity index is 704. The zero-order valence-corrected chi connectivity index (χ0v) is 13.9. The van der Waals surface area contributed by atoms with Crippen molar-refractivity contribution in [3.63, 3.8) is 0 Å². The number of hydrogen-bond acceptors (Lipinski definition) is 3. The summed E-state index contributed by atoms with van der Waals surface area (Å²) in [6.45, 7) is 3.42. The molecule has 1 aliphatic rings. The maximum absolute atomic E-state index is 12.4. The van der Waals surface area contributed by atoms with Crippen molar-refractivity contribution in [3.8, 4) is 0 Å². The van der Waals surface area contributed by atoms with Crippen molar-refractivity contribution >= 4 is 16.8 Å². The second kappa shape index (κ2) is 7.64. The summed E-state index contributed by atoms with van der Waals surface area (Å²) in [4.78, 5) is 14.1. The van der Waals surface area contributed by atoms with Crippen LogP contribution in [0.15, 0.2) is 42.5 Å². The van der Waals surface area contributed by atoms with Gasteiger partial charge in [-0.05, 0) is 29.7 Å². The number of rotatable bonds is 4. The molecule has 0 aliphatic carbocycles. The van der Waals surface area contributed by atoms with Gasteiger partial charge < -0.3 is 20.1 Å². The molecule has 0 unspecified atom stereocenters. The van der Waals surface area contributed by atoms with Crippen LogP contribution < -0.4 is 5.32 Å². The normalized spacial score (nSPS) is 19.2. The smallest absolute Gasteiger partial charge is 0.317 e. The average molecular weight is 328 g/mol. The lowest BCUT2D eigenvalue weighted by Crippen LogP contribution is -2.52. The minimum absolute atomic E-state index is 0.0362. The van der Waals surface area contributed by atoms with Gasteiger partial charge >= 0.3 is 6.03 Å². The zero-order valence-electron chi connectivity index (χ0n) is 13.9. The molecule has 5 nitrogen and oxygen atoms in total. The monoisotopic (exact) mass is 328 g/mol. The Balaban J connectivity index is 1.57. The Morgan fingerprint density at radius 3 is 2.92 bits per heavy atom. The van der Waals surface area contributed by atoms with Gasteiger partial charge in [-0.25, -0.2) is 4.79 Å². The second-order valence-electron chi connectivity index (χ2n) is 6.36. The Morgan fingerprint density at radius 1 is 1.33 bits per heavy atom. The summed E-state index contributed by atoms with van der Waals surface area (Å²) in [7, 11) is 0. The van der Waals surface area contributed by atoms with E-state index in [-0.39, 0.29) is 24.8 Å². The van der Waals surface area contributed by atoms with E-state index in [9.17, 15) is 9.90 Å². The topological polar surface area (TPSA) is 61.8 Å². The van der Waals surface area contributed by atoms with Crippen molar-refractivity contribution in [1.82, 2.24) is 10.2 Å². The Hall–Kier alpha value is -2.11. The summed E-state index contributed by atoms with van der Waals surface area (Å²) in [6, 6.07) is 14.6. The Morgan fingerprint density at radius 2 is 2.12 bits per heavy atom. The van der Waals surface area contributed by atoms with Crippen molar-refractivity contribution in [1.29, 1.82) is 0 Å². The molecule has 1 aliphatic heterocycles. The molecule has 1 heterocycles. The maximum Gasteiger partial charge on any atom is 0.317 e. The number of aliphatic hydroxyl groups is 1. The molecule has 2 aromatic rings. The predicted molar refractivity (Wildman–Crippen MR) is 94.0 cm³/mol. The van der Waals surface area contributed by atoms with E-state index in [2.05, 4.69) is 35.6 Å². The SMILES string of the molecule is C[C@H](Cc1ccc2ccccc2c1)NC(=O)N1CCO[C@H](CO)C1. The van der Waals surface area contributed by atoms with Gasteiger partial charge in [-0.15, -0.1) is 0 Å². The van der Waals surface area contributed by atoms with Crippen molar-refractivity contribution in [2.45, 2.75) is 25.5 Å². The van der Waals surface area contributed by atoms with Gasteiger partial charge in [0.2, 0.25) is 0 Å². The molecule has 24 heavy (non-hydrogen) atoms. The quantitative estimate of drug-likeness (QED) is 0.904. The summed E-state index contributed by atoms with van der Waals surface area (Å²) in [6.07, 6.45) is 0.505. The number of nitrogens with zero attached hydrogens (tertiary/aromatic N) is 1. The standard InChI is InChI=1S/C19H24N2O3/c1-14(20-19(23)21-8-9-24-18(12-21)13-22)10-15-6-7-16-4-2-3-5-17(16)11-15/h2-7,11,14,18,22H,8-10,12-13H2,1H3,(H,20,23)/t14-,18+/m1/s1. The summed E-state index contributed by atoms with van der Waals surface area (Å²) in [5.74, 6) is 0. The largest absolute Gasteiger partial charge is 0.394 e. The molecule has 2 amide bonds. The fourth-order valence-electron chi connectivity index (χ4n) is 3.09. The predicted octanol–water partition coefficient (Wildman–Crippen LogP) is 2.17. The van der Waals surface area contributed by atoms with E-state index in [0.29, 0.717) is 19.7 Å². The van der Waals surface area contributed by atoms with Crippen molar-refractivity contribution in [3.05, 3.63) is 48.0 Å². The number of carbonyl (C=O) groups is 1. The van der Waals surface area contributed by atoms with Crippen LogP contribution in [0.2, 0.25) is 0 Å². The number of hydrogen-bond donors (Lipinski definition) is 2. The number of morpholine rings is 1. The van der Waals surface area contributed by atoms with Gasteiger partial charge in [0.25, 0.3) is 0 Å². The van der Waals surface area contributed by atoms with Crippen molar-refractivity contribution < 1.29 is 14.6 Å². The first-order chi connectivity index (χ1) is 11.7. The third-order valence-electron chi connectivity index (χ3n) is 4.36. The van der Waals surface area contributed by atoms with E-state index in [0.717, 1.165) is 6.42 Å². The first-order valence-electron chi connectivity index (χ1n) is 8.41. The third-order valence-corrected chi connectivity index (χ3v) is 4.36. The molecule has 0 radical (unpaired) electrons. The van der Waals surface area contributed by atoms with Crippen molar-refractivity contribution in [2.24, 2.45) is 0 Å². The molecule has 2 atom stereocenters. The maximum atomic E-state index is 12.4. The van der Waals surface area contributed by atoms with Crippen LogP contribution in [0.4, 0.5) is 4.79 Å². The van der Waals surface area contributed by atoms with Crippen LogP contribution in [-0.2, 0) is 11.2 Å². The van der Waals surface area contributed by atoms with Crippen LogP contribution in [0, 0.1) is 0 Å². The van der Waals surface area contributed by atoms with Crippen LogP contribution >= 0.6 is 0 Å². The first-order valence-corrected chi connectivity index (χ1v) is 8.41. The molecular weight excluding hydrogens is 304 g/mol. The number of fused-ring (bicyclic) bond motifs is 1. The molecule has 5 heteroatoms. The molecule has 128 valence electrons. The number of carbonyl (C=O) groups excluding carboxylic acids is 1. The molecule has 1 fully saturated rings. The van der Waals surface area contributed by atoms with Gasteiger partial charge in [0.05, 0.1) is 25.9 Å². The van der Waals surface area contributed by atoms with E-state index in [1.807, 2.05) is 19.1 Å². The van der Waals surface area contributed by atoms with Gasteiger partial charge in [-0.3, -0.25) is 0 Å². The Labute approximate surface area is 142 Å². The molecule has 2 N–H and O–H groups in total. The van der Waals surface area contributed by atoms with Gasteiger partial charge in [-0.2, -0.15) is 0 Å². The van der Waals surface area contributed by atoms with Crippen LogP contribution in [0.1, 0.15) is 12.5 Å². The van der Waals surface area contributed by atoms with Crippen LogP contribution in [0.5, 0.6) is 0 Å². The summed E-state index contributed by atoms with van der Waals surface area (Å²) < 4.78 is 5.38. The van der Waals surface area contributed by atoms with E-state index in [1.165, 1.54) is 16.3 Å². The lowest BCUT2D eigenvalue weighted by molar-refractivity contribution is -0.0404. The number of urea groups is 1. The zero-order chi connectivity index (χ0) is 16.9. The molecule has 3 rings (SSSR count). The van der Waals surface area contributed by atoms with Crippen LogP contribution in [0.25, 0.3) is 10.8 Å². The van der Waals surface area contributed by atoms with Crippen LogP contribution in [-0.4, -0.2) is 54.5 Å². The van der Waals surface area contributed by atoms with E-state index >= 15 is 0 Å². The highest BCUT2D eigenvalue weighted by Crippen LogP contribution is 2.16. The molecule has 2 aromatic carbocycles. The molecule has 0 aromatic heterocycles. The Kier molecular flexibility index (Phi) is 5.33. The lowest BCUT2D eigenvalue weighted by Gasteiger charge is -2.32. The number of nitrogens with one attached hydrogen (secondary N) is 1. The number of ether oxygens (including phenoxy) is 1. The fourth-order valence-corrected chi connectivity index (χ4v) is 3.09. The van der Waals surface area contributed by atoms with Gasteiger partial charge in [0.15, 0.2) is 0 Å². The van der Waals surface area contributed by atoms with Gasteiger partial charge in [0, 0.05) is 12.6 Å². The van der Waals surface area contributed by atoms with E-state index < -0.39 is 0 Å². The minimum atomic E-state index is -0.278. The number of benzene rings is 2. The minimum Gasteiger partial charge on any atom is -0.394 e. The lowest BCUT2D eigenvalue weighted by atomic mass is 10.0. The fraction of sp³-hybridized carbons (Fsp3) is 0.421. The highest BCUT2D eigenvalue weighted by molar-refractivity contribution is 5.83. The third kappa shape index (κ3) is 4.04. The van der Waals surface area contributed by atoms with Gasteiger partial charge in [-0.1, -0.05) is 42.5 Å².